The third-order valence-electron chi connectivity index (χ3n) is 4.22. The van der Waals surface area contributed by atoms with Gasteiger partial charge in [-0.2, -0.15) is 0 Å². The quantitative estimate of drug-likeness (QED) is 0.762. The summed E-state index contributed by atoms with van der Waals surface area (Å²) in [6.45, 7) is 5.75. The molecule has 2 heterocycles. The molecule has 0 saturated heterocycles. The molecule has 0 aliphatic carbocycles. The number of nitrogens with one attached hydrogen (secondary N) is 1. The number of nitrogens with zero attached hydrogens (tertiary/aromatic N) is 2. The maximum absolute atomic E-state index is 12.5. The van der Waals surface area contributed by atoms with Crippen LogP contribution in [0.2, 0.25) is 0 Å². The van der Waals surface area contributed by atoms with Gasteiger partial charge in [-0.25, -0.2) is 4.79 Å². The lowest BCUT2D eigenvalue weighted by molar-refractivity contribution is 0.201. The van der Waals surface area contributed by atoms with Gasteiger partial charge in [0.05, 0.1) is 17.4 Å². The number of carbonyl (C=O) groups is 1. The fraction of sp³-hybridized carbons (Fsp3) is 0.263. The molecule has 124 valence electrons. The summed E-state index contributed by atoms with van der Waals surface area (Å²) in [5.41, 5.74) is 3.27. The van der Waals surface area contributed by atoms with E-state index in [2.05, 4.69) is 10.3 Å². The number of pyridine rings is 1. The van der Waals surface area contributed by atoms with E-state index in [9.17, 15) is 4.79 Å². The van der Waals surface area contributed by atoms with Crippen LogP contribution >= 0.6 is 0 Å². The zero-order valence-electron chi connectivity index (χ0n) is 14.3. The van der Waals surface area contributed by atoms with Gasteiger partial charge in [-0.15, -0.1) is 0 Å². The smallest absolute Gasteiger partial charge is 0.322 e. The maximum Gasteiger partial charge on any atom is 0.322 e. The summed E-state index contributed by atoms with van der Waals surface area (Å²) in [7, 11) is 1.75. The van der Waals surface area contributed by atoms with Gasteiger partial charge < -0.3 is 14.6 Å². The van der Waals surface area contributed by atoms with Crippen LogP contribution in [-0.4, -0.2) is 23.0 Å². The largest absolute Gasteiger partial charge is 0.459 e. The number of benzene rings is 1. The van der Waals surface area contributed by atoms with Crippen molar-refractivity contribution >= 4 is 22.7 Å². The zero-order valence-corrected chi connectivity index (χ0v) is 14.3. The first-order valence-corrected chi connectivity index (χ1v) is 7.92. The van der Waals surface area contributed by atoms with Gasteiger partial charge in [0, 0.05) is 18.1 Å². The molecule has 1 unspecified atom stereocenters. The van der Waals surface area contributed by atoms with Crippen LogP contribution in [-0.2, 0) is 0 Å². The van der Waals surface area contributed by atoms with Crippen molar-refractivity contribution in [1.29, 1.82) is 0 Å². The van der Waals surface area contributed by atoms with E-state index in [0.29, 0.717) is 5.69 Å². The third kappa shape index (κ3) is 3.11. The predicted octanol–water partition coefficient (Wildman–Crippen LogP) is 4.67. The van der Waals surface area contributed by atoms with Gasteiger partial charge in [0.15, 0.2) is 0 Å². The Bertz CT molecular complexity index is 852. The van der Waals surface area contributed by atoms with Crippen molar-refractivity contribution in [3.8, 4) is 0 Å². The number of para-hydroxylation sites is 1. The number of anilines is 1. The lowest BCUT2D eigenvalue weighted by Gasteiger charge is -2.24. The molecule has 0 spiro atoms. The minimum atomic E-state index is -0.197. The van der Waals surface area contributed by atoms with Crippen LogP contribution in [0.4, 0.5) is 10.5 Å². The first-order valence-electron chi connectivity index (χ1n) is 7.92. The van der Waals surface area contributed by atoms with Crippen LogP contribution in [0.15, 0.2) is 46.9 Å². The number of carbonyl (C=O) groups excluding carboxylic acids is 1. The summed E-state index contributed by atoms with van der Waals surface area (Å²) < 4.78 is 5.86. The topological polar surface area (TPSA) is 58.4 Å². The van der Waals surface area contributed by atoms with Crippen molar-refractivity contribution in [1.82, 2.24) is 9.88 Å². The van der Waals surface area contributed by atoms with Crippen molar-refractivity contribution in [2.75, 3.05) is 12.4 Å². The summed E-state index contributed by atoms with van der Waals surface area (Å²) >= 11 is 0. The molecule has 1 aromatic carbocycles. The molecule has 2 amide bonds. The Morgan fingerprint density at radius 1 is 1.21 bits per heavy atom. The van der Waals surface area contributed by atoms with Gasteiger partial charge in [0.25, 0.3) is 0 Å². The number of aromatic nitrogens is 1. The number of hydrogen-bond acceptors (Lipinski definition) is 3. The summed E-state index contributed by atoms with van der Waals surface area (Å²) in [6.07, 6.45) is 0. The first-order chi connectivity index (χ1) is 11.5. The lowest BCUT2D eigenvalue weighted by Crippen LogP contribution is -2.33. The average Bonchev–Trinajstić information content (AvgIpc) is 3.00. The Labute approximate surface area is 141 Å². The number of rotatable bonds is 3. The Morgan fingerprint density at radius 2 is 1.96 bits per heavy atom. The molecule has 1 N–H and O–H groups in total. The highest BCUT2D eigenvalue weighted by Gasteiger charge is 2.21. The molecule has 5 heteroatoms. The van der Waals surface area contributed by atoms with E-state index in [4.69, 9.17) is 4.42 Å². The monoisotopic (exact) mass is 323 g/mol. The van der Waals surface area contributed by atoms with Crippen molar-refractivity contribution in [3.05, 3.63) is 59.6 Å². The SMILES string of the molecule is Cc1ccc(NC(=O)N(C)C(C)c2cc3ccccc3o2)c(C)n1. The van der Waals surface area contributed by atoms with Crippen LogP contribution in [0.1, 0.15) is 30.1 Å². The molecule has 0 aliphatic heterocycles. The number of aryl methyl sites for hydroxylation is 2. The minimum absolute atomic E-state index is 0.184. The molecule has 0 saturated carbocycles. The molecule has 5 nitrogen and oxygen atoms in total. The van der Waals surface area contributed by atoms with Gasteiger partial charge in [-0.1, -0.05) is 18.2 Å². The third-order valence-corrected chi connectivity index (χ3v) is 4.22. The van der Waals surface area contributed by atoms with Gasteiger partial charge in [-0.3, -0.25) is 4.98 Å². The average molecular weight is 323 g/mol. The van der Waals surface area contributed by atoms with Crippen LogP contribution in [0.25, 0.3) is 11.0 Å². The Morgan fingerprint density at radius 3 is 2.67 bits per heavy atom. The van der Waals surface area contributed by atoms with E-state index < -0.39 is 0 Å². The van der Waals surface area contributed by atoms with E-state index in [1.807, 2.05) is 63.2 Å². The van der Waals surface area contributed by atoms with Crippen LogP contribution in [0.5, 0.6) is 0 Å². The molecule has 3 aromatic rings. The lowest BCUT2D eigenvalue weighted by atomic mass is 10.2. The molecule has 24 heavy (non-hydrogen) atoms. The van der Waals surface area contributed by atoms with E-state index in [1.54, 1.807) is 11.9 Å². The molecular formula is C19H21N3O2. The fourth-order valence-electron chi connectivity index (χ4n) is 2.60. The highest BCUT2D eigenvalue weighted by atomic mass is 16.3. The second-order valence-electron chi connectivity index (χ2n) is 5.99. The normalized spacial score (nSPS) is 12.2. The molecule has 0 radical (unpaired) electrons. The number of amides is 2. The molecule has 0 fully saturated rings. The van der Waals surface area contributed by atoms with E-state index in [1.165, 1.54) is 0 Å². The maximum atomic E-state index is 12.5. The summed E-state index contributed by atoms with van der Waals surface area (Å²) in [5.74, 6) is 0.757. The molecule has 0 bridgehead atoms. The predicted molar refractivity (Wildman–Crippen MR) is 95.1 cm³/mol. The van der Waals surface area contributed by atoms with Crippen molar-refractivity contribution in [2.24, 2.45) is 0 Å². The molecule has 3 rings (SSSR count). The van der Waals surface area contributed by atoms with Crippen LogP contribution in [0.3, 0.4) is 0 Å². The van der Waals surface area contributed by atoms with Gasteiger partial charge in [-0.05, 0) is 45.0 Å². The minimum Gasteiger partial charge on any atom is -0.459 e. The van der Waals surface area contributed by atoms with Crippen molar-refractivity contribution in [2.45, 2.75) is 26.8 Å². The van der Waals surface area contributed by atoms with Crippen LogP contribution in [0, 0.1) is 13.8 Å². The molecule has 1 atom stereocenters. The second kappa shape index (κ2) is 6.35. The Kier molecular flexibility index (Phi) is 4.25. The summed E-state index contributed by atoms with van der Waals surface area (Å²) in [5, 5.41) is 3.94. The Hall–Kier alpha value is -2.82. The standard InChI is InChI=1S/C19H21N3O2/c1-12-9-10-16(13(2)20-12)21-19(23)22(4)14(3)18-11-15-7-5-6-8-17(15)24-18/h5-11,14H,1-4H3,(H,21,23). The van der Waals surface area contributed by atoms with Gasteiger partial charge in [0.1, 0.15) is 11.3 Å². The fourth-order valence-corrected chi connectivity index (χ4v) is 2.60. The van der Waals surface area contributed by atoms with Crippen LogP contribution < -0.4 is 5.32 Å². The number of hydrogen-bond donors (Lipinski definition) is 1. The number of furan rings is 1. The zero-order chi connectivity index (χ0) is 17.3. The van der Waals surface area contributed by atoms with Gasteiger partial charge >= 0.3 is 6.03 Å². The number of urea groups is 1. The van der Waals surface area contributed by atoms with E-state index in [-0.39, 0.29) is 12.1 Å². The highest BCUT2D eigenvalue weighted by molar-refractivity contribution is 5.90. The van der Waals surface area contributed by atoms with E-state index >= 15 is 0 Å². The number of fused-ring (bicyclic) bond motifs is 1. The Balaban J connectivity index is 1.76. The van der Waals surface area contributed by atoms with Gasteiger partial charge in [0.2, 0.25) is 0 Å². The van der Waals surface area contributed by atoms with E-state index in [0.717, 1.165) is 28.1 Å². The van der Waals surface area contributed by atoms with Crippen molar-refractivity contribution in [3.63, 3.8) is 0 Å². The molecule has 0 aliphatic rings. The van der Waals surface area contributed by atoms with Crippen molar-refractivity contribution < 1.29 is 9.21 Å². The first kappa shape index (κ1) is 16.1. The summed E-state index contributed by atoms with van der Waals surface area (Å²) in [4.78, 5) is 18.5. The second-order valence-corrected chi connectivity index (χ2v) is 5.99. The molecule has 2 aromatic heterocycles. The summed E-state index contributed by atoms with van der Waals surface area (Å²) in [6, 6.07) is 13.2. The highest BCUT2D eigenvalue weighted by Crippen LogP contribution is 2.27. The molecular weight excluding hydrogens is 302 g/mol.